The van der Waals surface area contributed by atoms with Crippen LogP contribution in [0.1, 0.15) is 5.56 Å². The van der Waals surface area contributed by atoms with Crippen LogP contribution in [0.2, 0.25) is 0 Å². The average molecular weight is 843 g/mol. The van der Waals surface area contributed by atoms with Crippen molar-refractivity contribution in [2.24, 2.45) is 11.8 Å². The Kier molecular flexibility index (Phi) is 10.0. The van der Waals surface area contributed by atoms with Gasteiger partial charge in [-0.25, -0.2) is 0 Å². The molecule has 0 bridgehead atoms. The Balaban J connectivity index is 0.975. The highest BCUT2D eigenvalue weighted by Gasteiger charge is 2.24. The predicted octanol–water partition coefficient (Wildman–Crippen LogP) is 17.2. The van der Waals surface area contributed by atoms with Crippen molar-refractivity contribution in [1.29, 1.82) is 0 Å². The fourth-order valence-corrected chi connectivity index (χ4v) is 10.1. The SMILES string of the molecule is C1=CC2C=CC=C(c3ccc(-c4ccc(N(c5ccc(-c6ccccc6)cc5)c5cccc(-c6cc(-c7ccccc7)cc7c6c6ccccc6n7-c6ccccc6)c5)cc4)cc3)C2C=C1. The van der Waals surface area contributed by atoms with Crippen LogP contribution in [0.25, 0.3) is 77.6 Å². The van der Waals surface area contributed by atoms with Crippen LogP contribution in [0, 0.1) is 11.8 Å². The molecule has 9 aromatic carbocycles. The van der Waals surface area contributed by atoms with E-state index in [1.54, 1.807) is 0 Å². The first-order valence-electron chi connectivity index (χ1n) is 22.9. The van der Waals surface area contributed by atoms with Crippen LogP contribution >= 0.6 is 0 Å². The van der Waals surface area contributed by atoms with Gasteiger partial charge in [0.15, 0.2) is 0 Å². The Labute approximate surface area is 386 Å². The van der Waals surface area contributed by atoms with Gasteiger partial charge in [-0.05, 0) is 122 Å². The molecular formula is C64H46N2. The van der Waals surface area contributed by atoms with Crippen molar-refractivity contribution in [2.45, 2.75) is 0 Å². The van der Waals surface area contributed by atoms with Crippen molar-refractivity contribution >= 4 is 44.4 Å². The third-order valence-electron chi connectivity index (χ3n) is 13.4. The van der Waals surface area contributed by atoms with Gasteiger partial charge in [0, 0.05) is 45.4 Å². The smallest absolute Gasteiger partial charge is 0.0553 e. The molecule has 0 radical (unpaired) electrons. The molecule has 0 saturated carbocycles. The van der Waals surface area contributed by atoms with E-state index in [9.17, 15) is 0 Å². The normalized spacial score (nSPS) is 15.2. The molecular weight excluding hydrogens is 797 g/mol. The zero-order valence-electron chi connectivity index (χ0n) is 36.5. The first kappa shape index (κ1) is 39.2. The molecule has 2 heteroatoms. The summed E-state index contributed by atoms with van der Waals surface area (Å²) in [4.78, 5) is 2.39. The largest absolute Gasteiger partial charge is 0.310 e. The standard InChI is InChI=1S/C64H46N2/c1-4-16-45(17-5-1)48-34-38-55(39-35-48)65(56-40-36-49(37-41-56)47-30-32-51(33-31-47)59-28-15-21-50-20-10-11-26-58(50)59)57-25-14-22-52(42-57)61-43-53(46-18-6-2-7-19-46)44-63-64(61)60-27-12-13-29-62(60)66(63)54-23-8-3-9-24-54/h1-44,50,58H. The van der Waals surface area contributed by atoms with E-state index in [1.807, 2.05) is 0 Å². The van der Waals surface area contributed by atoms with E-state index in [-0.39, 0.29) is 0 Å². The molecule has 1 heterocycles. The molecule has 2 aliphatic carbocycles. The zero-order chi connectivity index (χ0) is 43.8. The quantitative estimate of drug-likeness (QED) is 0.141. The molecule has 2 nitrogen and oxygen atoms in total. The summed E-state index contributed by atoms with van der Waals surface area (Å²) in [6.45, 7) is 0. The summed E-state index contributed by atoms with van der Waals surface area (Å²) in [6.07, 6.45) is 15.7. The fourth-order valence-electron chi connectivity index (χ4n) is 10.1. The second-order valence-corrected chi connectivity index (χ2v) is 17.3. The number of anilines is 3. The molecule has 10 aromatic rings. The van der Waals surface area contributed by atoms with E-state index in [2.05, 4.69) is 276 Å². The Morgan fingerprint density at radius 3 is 1.56 bits per heavy atom. The average Bonchev–Trinajstić information content (AvgIpc) is 3.74. The van der Waals surface area contributed by atoms with Crippen molar-refractivity contribution < 1.29 is 0 Å². The molecule has 0 saturated heterocycles. The lowest BCUT2D eigenvalue weighted by molar-refractivity contribution is 0.678. The molecule has 2 unspecified atom stereocenters. The van der Waals surface area contributed by atoms with Crippen molar-refractivity contribution in [3.63, 3.8) is 0 Å². The third kappa shape index (κ3) is 7.19. The second kappa shape index (κ2) is 16.9. The molecule has 0 fully saturated rings. The molecule has 0 aliphatic heterocycles. The number of para-hydroxylation sites is 2. The fraction of sp³-hybridized carbons (Fsp3) is 0.0312. The van der Waals surface area contributed by atoms with Crippen LogP contribution in [0.5, 0.6) is 0 Å². The minimum atomic E-state index is 0.380. The number of aromatic nitrogens is 1. The Morgan fingerprint density at radius 2 is 0.879 bits per heavy atom. The van der Waals surface area contributed by atoms with E-state index < -0.39 is 0 Å². The number of nitrogens with zero attached hydrogens (tertiary/aromatic N) is 2. The van der Waals surface area contributed by atoms with E-state index in [0.29, 0.717) is 11.8 Å². The van der Waals surface area contributed by atoms with E-state index in [4.69, 9.17) is 0 Å². The molecule has 2 atom stereocenters. The van der Waals surface area contributed by atoms with Crippen molar-refractivity contribution in [3.8, 4) is 50.2 Å². The Bertz CT molecular complexity index is 3480. The highest BCUT2D eigenvalue weighted by Crippen LogP contribution is 2.44. The van der Waals surface area contributed by atoms with Crippen LogP contribution in [-0.2, 0) is 0 Å². The lowest BCUT2D eigenvalue weighted by atomic mass is 9.77. The predicted molar refractivity (Wildman–Crippen MR) is 280 cm³/mol. The first-order chi connectivity index (χ1) is 32.7. The van der Waals surface area contributed by atoms with E-state index >= 15 is 0 Å². The van der Waals surface area contributed by atoms with Gasteiger partial charge in [0.05, 0.1) is 11.0 Å². The second-order valence-electron chi connectivity index (χ2n) is 17.3. The number of hydrogen-bond acceptors (Lipinski definition) is 1. The van der Waals surface area contributed by atoms with Crippen LogP contribution in [-0.4, -0.2) is 4.57 Å². The minimum Gasteiger partial charge on any atom is -0.310 e. The molecule has 0 N–H and O–H groups in total. The van der Waals surface area contributed by atoms with Crippen molar-refractivity contribution in [1.82, 2.24) is 4.57 Å². The summed E-state index contributed by atoms with van der Waals surface area (Å²) in [5, 5.41) is 2.47. The van der Waals surface area contributed by atoms with Gasteiger partial charge in [0.25, 0.3) is 0 Å². The summed E-state index contributed by atoms with van der Waals surface area (Å²) < 4.78 is 2.42. The van der Waals surface area contributed by atoms with Crippen LogP contribution in [0.4, 0.5) is 17.1 Å². The Hall–Kier alpha value is -8.46. The van der Waals surface area contributed by atoms with Crippen LogP contribution in [0.3, 0.4) is 0 Å². The molecule has 0 amide bonds. The van der Waals surface area contributed by atoms with E-state index in [1.165, 1.54) is 71.9 Å². The third-order valence-corrected chi connectivity index (χ3v) is 13.4. The maximum atomic E-state index is 2.42. The summed E-state index contributed by atoms with van der Waals surface area (Å²) >= 11 is 0. The van der Waals surface area contributed by atoms with Gasteiger partial charge < -0.3 is 9.47 Å². The van der Waals surface area contributed by atoms with Crippen molar-refractivity contribution in [2.75, 3.05) is 4.90 Å². The lowest BCUT2D eigenvalue weighted by Crippen LogP contribution is -2.14. The molecule has 312 valence electrons. The van der Waals surface area contributed by atoms with Crippen molar-refractivity contribution in [3.05, 3.63) is 273 Å². The monoisotopic (exact) mass is 842 g/mol. The molecule has 12 rings (SSSR count). The van der Waals surface area contributed by atoms with Gasteiger partial charge in [-0.2, -0.15) is 0 Å². The summed E-state index contributed by atoms with van der Waals surface area (Å²) in [6, 6.07) is 81.9. The first-order valence-corrected chi connectivity index (χ1v) is 22.9. The zero-order valence-corrected chi connectivity index (χ0v) is 36.5. The number of fused-ring (bicyclic) bond motifs is 4. The van der Waals surface area contributed by atoms with Gasteiger partial charge in [0.2, 0.25) is 0 Å². The number of hydrogen-bond donors (Lipinski definition) is 0. The number of allylic oxidation sites excluding steroid dienone is 8. The van der Waals surface area contributed by atoms with E-state index in [0.717, 1.165) is 28.3 Å². The van der Waals surface area contributed by atoms with Crippen LogP contribution < -0.4 is 4.90 Å². The van der Waals surface area contributed by atoms with Crippen LogP contribution in [0.15, 0.2) is 267 Å². The topological polar surface area (TPSA) is 8.17 Å². The van der Waals surface area contributed by atoms with Gasteiger partial charge in [-0.3, -0.25) is 0 Å². The molecule has 0 spiro atoms. The summed E-state index contributed by atoms with van der Waals surface area (Å²) in [5.41, 5.74) is 18.9. The molecule has 1 aromatic heterocycles. The van der Waals surface area contributed by atoms with Gasteiger partial charge in [-0.15, -0.1) is 0 Å². The molecule has 2 aliphatic rings. The Morgan fingerprint density at radius 1 is 0.348 bits per heavy atom. The van der Waals surface area contributed by atoms with Gasteiger partial charge in [0.1, 0.15) is 0 Å². The molecule has 66 heavy (non-hydrogen) atoms. The highest BCUT2D eigenvalue weighted by atomic mass is 15.1. The number of benzene rings is 9. The maximum absolute atomic E-state index is 2.42. The van der Waals surface area contributed by atoms with Gasteiger partial charge >= 0.3 is 0 Å². The lowest BCUT2D eigenvalue weighted by Gasteiger charge is -2.27. The number of rotatable bonds is 9. The highest BCUT2D eigenvalue weighted by molar-refractivity contribution is 6.17. The minimum absolute atomic E-state index is 0.380. The maximum Gasteiger partial charge on any atom is 0.0553 e. The summed E-state index contributed by atoms with van der Waals surface area (Å²) in [5.74, 6) is 0.798. The summed E-state index contributed by atoms with van der Waals surface area (Å²) in [7, 11) is 0. The van der Waals surface area contributed by atoms with Gasteiger partial charge in [-0.1, -0.05) is 200 Å².